The molecule has 1 fully saturated rings. The van der Waals surface area contributed by atoms with Crippen LogP contribution < -0.4 is 16.6 Å². The Bertz CT molecular complexity index is 380. The fourth-order valence-electron chi connectivity index (χ4n) is 1.81. The van der Waals surface area contributed by atoms with E-state index >= 15 is 0 Å². The highest BCUT2D eigenvalue weighted by molar-refractivity contribution is 5.41. The summed E-state index contributed by atoms with van der Waals surface area (Å²) < 4.78 is 13.5. The number of anilines is 2. The third-order valence-corrected chi connectivity index (χ3v) is 3.02. The van der Waals surface area contributed by atoms with Crippen LogP contribution in [0.2, 0.25) is 0 Å². The van der Waals surface area contributed by atoms with Crippen molar-refractivity contribution in [2.24, 2.45) is 11.8 Å². The van der Waals surface area contributed by atoms with Crippen LogP contribution in [0.1, 0.15) is 32.6 Å². The molecule has 0 amide bonds. The molecule has 0 aromatic carbocycles. The lowest BCUT2D eigenvalue weighted by molar-refractivity contribution is 0.569. The molecule has 1 aliphatic carbocycles. The summed E-state index contributed by atoms with van der Waals surface area (Å²) in [6.07, 6.45) is 5.73. The molecule has 1 atom stereocenters. The molecule has 17 heavy (non-hydrogen) atoms. The van der Waals surface area contributed by atoms with Gasteiger partial charge in [-0.3, -0.25) is 5.43 Å². The van der Waals surface area contributed by atoms with Gasteiger partial charge in [0.25, 0.3) is 0 Å². The van der Waals surface area contributed by atoms with Crippen LogP contribution in [-0.2, 0) is 0 Å². The molecule has 2 rings (SSSR count). The van der Waals surface area contributed by atoms with Crippen LogP contribution in [0.4, 0.5) is 16.2 Å². The number of nitrogens with two attached hydrogens (primary N) is 1. The zero-order chi connectivity index (χ0) is 12.3. The lowest BCUT2D eigenvalue weighted by Crippen LogP contribution is -2.22. The van der Waals surface area contributed by atoms with Gasteiger partial charge in [-0.25, -0.2) is 15.2 Å². The smallest absolute Gasteiger partial charge is 0.239 e. The van der Waals surface area contributed by atoms with E-state index in [1.807, 2.05) is 0 Å². The van der Waals surface area contributed by atoms with Crippen LogP contribution in [0.15, 0.2) is 6.20 Å². The van der Waals surface area contributed by atoms with Crippen LogP contribution >= 0.6 is 0 Å². The predicted octanol–water partition coefficient (Wildman–Crippen LogP) is 1.89. The molecule has 94 valence electrons. The zero-order valence-electron chi connectivity index (χ0n) is 9.91. The molecule has 0 bridgehead atoms. The minimum absolute atomic E-state index is 0.218. The molecular formula is C11H18FN5. The third kappa shape index (κ3) is 3.26. The van der Waals surface area contributed by atoms with Crippen LogP contribution in [0.25, 0.3) is 0 Å². The number of rotatable bonds is 6. The van der Waals surface area contributed by atoms with Gasteiger partial charge in [-0.2, -0.15) is 4.98 Å². The van der Waals surface area contributed by atoms with Crippen LogP contribution in [0, 0.1) is 11.7 Å². The second-order valence-corrected chi connectivity index (χ2v) is 4.46. The van der Waals surface area contributed by atoms with E-state index in [9.17, 15) is 4.39 Å². The minimum Gasteiger partial charge on any atom is -0.365 e. The van der Waals surface area contributed by atoms with E-state index in [0.29, 0.717) is 0 Å². The van der Waals surface area contributed by atoms with Gasteiger partial charge in [-0.1, -0.05) is 19.8 Å². The number of hydrazine groups is 1. The first-order chi connectivity index (χ1) is 8.22. The molecule has 1 unspecified atom stereocenters. The van der Waals surface area contributed by atoms with Crippen molar-refractivity contribution in [3.63, 3.8) is 0 Å². The van der Waals surface area contributed by atoms with Gasteiger partial charge in [0.05, 0.1) is 6.20 Å². The maximum Gasteiger partial charge on any atom is 0.239 e. The SMILES string of the molecule is CCC(CC1CC1)Nc1nc(NN)ncc1F. The summed E-state index contributed by atoms with van der Waals surface area (Å²) in [6, 6.07) is 0.262. The van der Waals surface area contributed by atoms with Gasteiger partial charge in [0.1, 0.15) is 0 Å². The zero-order valence-corrected chi connectivity index (χ0v) is 9.91. The Labute approximate surface area is 100.0 Å². The van der Waals surface area contributed by atoms with Crippen LogP contribution in [0.5, 0.6) is 0 Å². The van der Waals surface area contributed by atoms with Crippen molar-refractivity contribution >= 4 is 11.8 Å². The molecule has 6 heteroatoms. The fraction of sp³-hybridized carbons (Fsp3) is 0.636. The molecule has 0 saturated heterocycles. The maximum absolute atomic E-state index is 13.5. The Hall–Kier alpha value is -1.43. The molecule has 1 heterocycles. The Kier molecular flexibility index (Phi) is 3.73. The number of hydrogen-bond donors (Lipinski definition) is 3. The van der Waals surface area contributed by atoms with Crippen LogP contribution in [0.3, 0.4) is 0 Å². The van der Waals surface area contributed by atoms with Crippen LogP contribution in [-0.4, -0.2) is 16.0 Å². The molecular weight excluding hydrogens is 221 g/mol. The second kappa shape index (κ2) is 5.27. The Balaban J connectivity index is 2.03. The lowest BCUT2D eigenvalue weighted by Gasteiger charge is -2.17. The molecule has 0 radical (unpaired) electrons. The van der Waals surface area contributed by atoms with E-state index < -0.39 is 5.82 Å². The topological polar surface area (TPSA) is 75.9 Å². The molecule has 1 aromatic rings. The summed E-state index contributed by atoms with van der Waals surface area (Å²) in [7, 11) is 0. The first-order valence-electron chi connectivity index (χ1n) is 5.98. The molecule has 5 nitrogen and oxygen atoms in total. The van der Waals surface area contributed by atoms with Gasteiger partial charge < -0.3 is 5.32 Å². The molecule has 1 aliphatic rings. The number of nitrogens with one attached hydrogen (secondary N) is 2. The summed E-state index contributed by atoms with van der Waals surface area (Å²) in [5.41, 5.74) is 2.31. The largest absolute Gasteiger partial charge is 0.365 e. The summed E-state index contributed by atoms with van der Waals surface area (Å²) >= 11 is 0. The first kappa shape index (κ1) is 12.0. The molecule has 0 aliphatic heterocycles. The highest BCUT2D eigenvalue weighted by Crippen LogP contribution is 2.34. The monoisotopic (exact) mass is 239 g/mol. The molecule has 1 aromatic heterocycles. The number of hydrogen-bond acceptors (Lipinski definition) is 5. The van der Waals surface area contributed by atoms with E-state index in [2.05, 4.69) is 27.6 Å². The van der Waals surface area contributed by atoms with Gasteiger partial charge in [-0.15, -0.1) is 0 Å². The highest BCUT2D eigenvalue weighted by Gasteiger charge is 2.25. The normalized spacial score (nSPS) is 16.6. The van der Waals surface area contributed by atoms with Crippen molar-refractivity contribution in [2.45, 2.75) is 38.6 Å². The fourth-order valence-corrected chi connectivity index (χ4v) is 1.81. The molecule has 0 spiro atoms. The van der Waals surface area contributed by atoms with Crippen molar-refractivity contribution in [1.82, 2.24) is 9.97 Å². The molecule has 4 N–H and O–H groups in total. The summed E-state index contributed by atoms with van der Waals surface area (Å²) in [5, 5.41) is 3.12. The van der Waals surface area contributed by atoms with E-state index in [1.54, 1.807) is 0 Å². The minimum atomic E-state index is -0.446. The Morgan fingerprint density at radius 3 is 2.94 bits per heavy atom. The lowest BCUT2D eigenvalue weighted by atomic mass is 10.1. The van der Waals surface area contributed by atoms with Gasteiger partial charge in [0.15, 0.2) is 11.6 Å². The first-order valence-corrected chi connectivity index (χ1v) is 5.98. The van der Waals surface area contributed by atoms with Crippen molar-refractivity contribution < 1.29 is 4.39 Å². The quantitative estimate of drug-likeness (QED) is 0.522. The number of halogens is 1. The number of nitrogen functional groups attached to an aromatic ring is 1. The van der Waals surface area contributed by atoms with Crippen molar-refractivity contribution in [2.75, 3.05) is 10.7 Å². The van der Waals surface area contributed by atoms with E-state index in [-0.39, 0.29) is 17.8 Å². The Morgan fingerprint density at radius 1 is 1.59 bits per heavy atom. The summed E-state index contributed by atoms with van der Waals surface area (Å²) in [6.45, 7) is 2.08. The van der Waals surface area contributed by atoms with Gasteiger partial charge in [-0.05, 0) is 18.8 Å². The van der Waals surface area contributed by atoms with Gasteiger partial charge >= 0.3 is 0 Å². The summed E-state index contributed by atoms with van der Waals surface area (Å²) in [4.78, 5) is 7.67. The Morgan fingerprint density at radius 2 is 2.35 bits per heavy atom. The number of aromatic nitrogens is 2. The van der Waals surface area contributed by atoms with Crippen molar-refractivity contribution in [3.05, 3.63) is 12.0 Å². The van der Waals surface area contributed by atoms with Crippen molar-refractivity contribution in [3.8, 4) is 0 Å². The van der Waals surface area contributed by atoms with E-state index in [1.165, 1.54) is 12.8 Å². The number of nitrogens with zero attached hydrogens (tertiary/aromatic N) is 2. The highest BCUT2D eigenvalue weighted by atomic mass is 19.1. The molecule has 1 saturated carbocycles. The van der Waals surface area contributed by atoms with Gasteiger partial charge in [0.2, 0.25) is 5.95 Å². The average molecular weight is 239 g/mol. The summed E-state index contributed by atoms with van der Waals surface area (Å²) in [5.74, 6) is 5.99. The van der Waals surface area contributed by atoms with E-state index in [4.69, 9.17) is 5.84 Å². The van der Waals surface area contributed by atoms with E-state index in [0.717, 1.165) is 25.0 Å². The predicted molar refractivity (Wildman–Crippen MR) is 64.8 cm³/mol. The average Bonchev–Trinajstić information content (AvgIpc) is 3.14. The van der Waals surface area contributed by atoms with Gasteiger partial charge in [0, 0.05) is 6.04 Å². The van der Waals surface area contributed by atoms with Crippen molar-refractivity contribution in [1.29, 1.82) is 0 Å². The maximum atomic E-state index is 13.5. The third-order valence-electron chi connectivity index (χ3n) is 3.02. The standard InChI is InChI=1S/C11H18FN5/c1-2-8(5-7-3-4-7)15-10-9(12)6-14-11(16-10)17-13/h6-8H,2-5,13H2,1H3,(H2,14,15,16,17). The second-order valence-electron chi connectivity index (χ2n) is 4.46.